The van der Waals surface area contributed by atoms with Crippen LogP contribution in [0.4, 0.5) is 20.6 Å². The van der Waals surface area contributed by atoms with Crippen LogP contribution in [0, 0.1) is 5.82 Å². The Morgan fingerprint density at radius 3 is 2.61 bits per heavy atom. The lowest BCUT2D eigenvalue weighted by molar-refractivity contribution is 0.262. The van der Waals surface area contributed by atoms with Gasteiger partial charge in [-0.15, -0.1) is 0 Å². The van der Waals surface area contributed by atoms with Crippen molar-refractivity contribution in [2.75, 3.05) is 10.6 Å². The quantitative estimate of drug-likeness (QED) is 0.433. The number of nitrogens with two attached hydrogens (primary N) is 1. The van der Waals surface area contributed by atoms with Gasteiger partial charge in [-0.1, -0.05) is 18.2 Å². The molecule has 0 fully saturated rings. The first-order valence-electron chi connectivity index (χ1n) is 8.60. The van der Waals surface area contributed by atoms with Gasteiger partial charge in [0.15, 0.2) is 5.65 Å². The Balaban J connectivity index is 1.53. The van der Waals surface area contributed by atoms with E-state index in [0.717, 1.165) is 22.2 Å². The fourth-order valence-corrected chi connectivity index (χ4v) is 2.99. The molecule has 4 rings (SSSR count). The number of pyridine rings is 1. The second-order valence-electron chi connectivity index (χ2n) is 6.13. The number of halogens is 1. The van der Waals surface area contributed by atoms with E-state index in [2.05, 4.69) is 25.8 Å². The summed E-state index contributed by atoms with van der Waals surface area (Å²) in [6.45, 7) is 0.328. The summed E-state index contributed by atoms with van der Waals surface area (Å²) in [5.41, 5.74) is 10.1. The van der Waals surface area contributed by atoms with Crippen LogP contribution < -0.4 is 16.4 Å². The van der Waals surface area contributed by atoms with Crippen molar-refractivity contribution in [3.05, 3.63) is 72.3 Å². The van der Waals surface area contributed by atoms with Crippen LogP contribution in [0.25, 0.3) is 22.2 Å². The number of aromatic amines is 1. The third kappa shape index (κ3) is 3.53. The van der Waals surface area contributed by atoms with Gasteiger partial charge >= 0.3 is 6.03 Å². The Hall–Kier alpha value is -3.78. The lowest BCUT2D eigenvalue weighted by Gasteiger charge is -2.09. The first-order chi connectivity index (χ1) is 13.6. The van der Waals surface area contributed by atoms with E-state index in [-0.39, 0.29) is 0 Å². The minimum absolute atomic E-state index is 0.328. The number of aromatic nitrogens is 3. The molecule has 2 aromatic heterocycles. The fraction of sp³-hybridized carbons (Fsp3) is 0.0500. The van der Waals surface area contributed by atoms with E-state index < -0.39 is 11.8 Å². The number of benzene rings is 2. The lowest BCUT2D eigenvalue weighted by Crippen LogP contribution is -2.19. The van der Waals surface area contributed by atoms with Crippen LogP contribution in [-0.2, 0) is 6.54 Å². The molecule has 28 heavy (non-hydrogen) atoms. The van der Waals surface area contributed by atoms with Crippen LogP contribution in [0.15, 0.2) is 60.8 Å². The van der Waals surface area contributed by atoms with Crippen molar-refractivity contribution in [1.29, 1.82) is 0 Å². The van der Waals surface area contributed by atoms with Crippen LogP contribution in [-0.4, -0.2) is 21.2 Å². The standard InChI is InChI=1S/C20H17FN6O/c21-13-2-1-3-15(10-13)25-20(28)24-14-6-4-12(5-7-14)16-8-9-23-19-18(16)17(11-22)26-27-19/h1-10H,11,22H2,(H,23,26,27)(H2,24,25,28). The molecule has 2 heterocycles. The maximum absolute atomic E-state index is 13.2. The molecule has 2 amide bonds. The second-order valence-corrected chi connectivity index (χ2v) is 6.13. The van der Waals surface area contributed by atoms with E-state index in [4.69, 9.17) is 5.73 Å². The summed E-state index contributed by atoms with van der Waals surface area (Å²) in [5, 5.41) is 13.3. The molecule has 0 bridgehead atoms. The van der Waals surface area contributed by atoms with Gasteiger partial charge in [0.05, 0.1) is 11.1 Å². The van der Waals surface area contributed by atoms with E-state index in [0.29, 0.717) is 23.6 Å². The predicted molar refractivity (Wildman–Crippen MR) is 106 cm³/mol. The summed E-state index contributed by atoms with van der Waals surface area (Å²) in [4.78, 5) is 16.3. The van der Waals surface area contributed by atoms with Crippen LogP contribution in [0.5, 0.6) is 0 Å². The lowest BCUT2D eigenvalue weighted by atomic mass is 10.0. The molecule has 0 saturated carbocycles. The molecule has 0 aliphatic heterocycles. The number of nitrogens with one attached hydrogen (secondary N) is 3. The molecule has 0 saturated heterocycles. The molecule has 0 aliphatic carbocycles. The summed E-state index contributed by atoms with van der Waals surface area (Å²) < 4.78 is 13.2. The molecule has 0 radical (unpaired) electrons. The van der Waals surface area contributed by atoms with Gasteiger partial charge in [-0.05, 0) is 47.5 Å². The van der Waals surface area contributed by atoms with Crippen molar-refractivity contribution >= 4 is 28.4 Å². The van der Waals surface area contributed by atoms with E-state index in [1.54, 1.807) is 24.4 Å². The number of carbonyl (C=O) groups is 1. The highest BCUT2D eigenvalue weighted by Crippen LogP contribution is 2.29. The Bertz CT molecular complexity index is 1140. The molecule has 140 valence electrons. The number of nitrogens with zero attached hydrogens (tertiary/aromatic N) is 2. The number of hydrogen-bond acceptors (Lipinski definition) is 4. The zero-order chi connectivity index (χ0) is 19.5. The minimum atomic E-state index is -0.454. The van der Waals surface area contributed by atoms with Crippen molar-refractivity contribution in [1.82, 2.24) is 15.2 Å². The van der Waals surface area contributed by atoms with Gasteiger partial charge in [-0.25, -0.2) is 14.2 Å². The van der Waals surface area contributed by atoms with E-state index in [1.165, 1.54) is 18.2 Å². The zero-order valence-electron chi connectivity index (χ0n) is 14.7. The van der Waals surface area contributed by atoms with Crippen molar-refractivity contribution in [2.45, 2.75) is 6.54 Å². The highest BCUT2D eigenvalue weighted by Gasteiger charge is 2.12. The molecule has 0 aliphatic rings. The fourth-order valence-electron chi connectivity index (χ4n) is 2.99. The minimum Gasteiger partial charge on any atom is -0.325 e. The van der Waals surface area contributed by atoms with E-state index in [9.17, 15) is 9.18 Å². The summed E-state index contributed by atoms with van der Waals surface area (Å²) >= 11 is 0. The van der Waals surface area contributed by atoms with Crippen LogP contribution >= 0.6 is 0 Å². The third-order valence-electron chi connectivity index (χ3n) is 4.27. The summed E-state index contributed by atoms with van der Waals surface area (Å²) in [6.07, 6.45) is 1.69. The monoisotopic (exact) mass is 376 g/mol. The number of amides is 2. The topological polar surface area (TPSA) is 109 Å². The molecule has 0 spiro atoms. The highest BCUT2D eigenvalue weighted by atomic mass is 19.1. The average Bonchev–Trinajstić information content (AvgIpc) is 3.12. The predicted octanol–water partition coefficient (Wildman–Crippen LogP) is 3.87. The molecule has 4 aromatic rings. The Morgan fingerprint density at radius 1 is 1.07 bits per heavy atom. The van der Waals surface area contributed by atoms with Crippen LogP contribution in [0.2, 0.25) is 0 Å². The maximum atomic E-state index is 13.2. The molecule has 2 aromatic carbocycles. The molecular weight excluding hydrogens is 359 g/mol. The number of H-pyrrole nitrogens is 1. The first-order valence-corrected chi connectivity index (χ1v) is 8.60. The van der Waals surface area contributed by atoms with E-state index >= 15 is 0 Å². The zero-order valence-corrected chi connectivity index (χ0v) is 14.7. The molecule has 8 heteroatoms. The smallest absolute Gasteiger partial charge is 0.323 e. The van der Waals surface area contributed by atoms with Gasteiger partial charge < -0.3 is 16.4 Å². The Morgan fingerprint density at radius 2 is 1.86 bits per heavy atom. The summed E-state index contributed by atoms with van der Waals surface area (Å²) in [5.74, 6) is -0.415. The third-order valence-corrected chi connectivity index (χ3v) is 4.27. The van der Waals surface area contributed by atoms with Gasteiger partial charge in [0.25, 0.3) is 0 Å². The van der Waals surface area contributed by atoms with Gasteiger partial charge in [0, 0.05) is 24.1 Å². The molecule has 7 nitrogen and oxygen atoms in total. The summed E-state index contributed by atoms with van der Waals surface area (Å²) in [6, 6.07) is 14.5. The van der Waals surface area contributed by atoms with Crippen molar-refractivity contribution in [2.24, 2.45) is 5.73 Å². The SMILES string of the molecule is NCc1[nH]nc2nccc(-c3ccc(NC(=O)Nc4cccc(F)c4)cc3)c12. The normalized spacial score (nSPS) is 10.8. The molecule has 0 atom stereocenters. The van der Waals surface area contributed by atoms with Crippen LogP contribution in [0.1, 0.15) is 5.69 Å². The number of hydrogen-bond donors (Lipinski definition) is 4. The van der Waals surface area contributed by atoms with E-state index in [1.807, 2.05) is 18.2 Å². The van der Waals surface area contributed by atoms with Crippen LogP contribution in [0.3, 0.4) is 0 Å². The van der Waals surface area contributed by atoms with Gasteiger partial charge in [0.2, 0.25) is 0 Å². The Kier molecular flexibility index (Phi) is 4.69. The molecule has 0 unspecified atom stereocenters. The number of carbonyl (C=O) groups excluding carboxylic acids is 1. The Labute approximate surface area is 159 Å². The number of rotatable bonds is 4. The summed E-state index contributed by atoms with van der Waals surface area (Å²) in [7, 11) is 0. The maximum Gasteiger partial charge on any atom is 0.323 e. The first kappa shape index (κ1) is 17.6. The number of urea groups is 1. The average molecular weight is 376 g/mol. The van der Waals surface area contributed by atoms with Crippen molar-refractivity contribution < 1.29 is 9.18 Å². The number of fused-ring (bicyclic) bond motifs is 1. The molecular formula is C20H17FN6O. The second kappa shape index (κ2) is 7.45. The highest BCUT2D eigenvalue weighted by molar-refractivity contribution is 6.00. The molecule has 5 N–H and O–H groups in total. The largest absolute Gasteiger partial charge is 0.325 e. The number of anilines is 2. The van der Waals surface area contributed by atoms with Crippen molar-refractivity contribution in [3.63, 3.8) is 0 Å². The van der Waals surface area contributed by atoms with Gasteiger partial charge in [0.1, 0.15) is 5.82 Å². The van der Waals surface area contributed by atoms with Gasteiger partial charge in [-0.2, -0.15) is 5.10 Å². The van der Waals surface area contributed by atoms with Gasteiger partial charge in [-0.3, -0.25) is 5.10 Å². The van der Waals surface area contributed by atoms with Crippen molar-refractivity contribution in [3.8, 4) is 11.1 Å².